The second kappa shape index (κ2) is 5.40. The van der Waals surface area contributed by atoms with E-state index in [9.17, 15) is 4.79 Å². The van der Waals surface area contributed by atoms with Crippen molar-refractivity contribution in [2.75, 3.05) is 0 Å². The maximum Gasteiger partial charge on any atom is 0.253 e. The van der Waals surface area contributed by atoms with Gasteiger partial charge >= 0.3 is 0 Å². The van der Waals surface area contributed by atoms with Crippen molar-refractivity contribution < 1.29 is 4.79 Å². The van der Waals surface area contributed by atoms with E-state index in [1.165, 1.54) is 0 Å². The third-order valence-electron chi connectivity index (χ3n) is 2.89. The van der Waals surface area contributed by atoms with Crippen LogP contribution in [0.25, 0.3) is 5.82 Å². The Bertz CT molecular complexity index is 671. The van der Waals surface area contributed by atoms with Crippen LogP contribution in [0, 0.1) is 0 Å². The number of H-pyrrole nitrogens is 1. The first-order chi connectivity index (χ1) is 9.83. The fourth-order valence-corrected chi connectivity index (χ4v) is 1.82. The minimum atomic E-state index is -0.143. The molecule has 6 nitrogen and oxygen atoms in total. The second-order valence-electron chi connectivity index (χ2n) is 4.28. The third kappa shape index (κ3) is 2.59. The summed E-state index contributed by atoms with van der Waals surface area (Å²) in [6, 6.07) is 5.45. The molecule has 0 unspecified atom stereocenters. The summed E-state index contributed by atoms with van der Waals surface area (Å²) >= 11 is 0. The van der Waals surface area contributed by atoms with Crippen molar-refractivity contribution in [3.63, 3.8) is 0 Å². The number of carbonyl (C=O) groups excluding carboxylic acids is 1. The van der Waals surface area contributed by atoms with Crippen LogP contribution in [-0.2, 0) is 6.54 Å². The average molecular weight is 267 g/mol. The van der Waals surface area contributed by atoms with E-state index in [-0.39, 0.29) is 5.91 Å². The van der Waals surface area contributed by atoms with E-state index in [2.05, 4.69) is 20.3 Å². The molecule has 1 amide bonds. The van der Waals surface area contributed by atoms with Crippen LogP contribution in [0.1, 0.15) is 15.9 Å². The molecule has 0 saturated carbocycles. The first-order valence-corrected chi connectivity index (χ1v) is 6.17. The number of aromatic amines is 1. The molecule has 0 atom stereocenters. The van der Waals surface area contributed by atoms with Crippen molar-refractivity contribution in [1.29, 1.82) is 0 Å². The number of imidazole rings is 1. The Morgan fingerprint density at radius 3 is 2.95 bits per heavy atom. The van der Waals surface area contributed by atoms with Crippen molar-refractivity contribution in [1.82, 2.24) is 24.8 Å². The molecule has 0 aromatic carbocycles. The Labute approximate surface area is 115 Å². The maximum atomic E-state index is 12.0. The first-order valence-electron chi connectivity index (χ1n) is 6.17. The smallest absolute Gasteiger partial charge is 0.253 e. The molecule has 100 valence electrons. The van der Waals surface area contributed by atoms with E-state index in [0.29, 0.717) is 12.1 Å². The van der Waals surface area contributed by atoms with Crippen molar-refractivity contribution in [3.8, 4) is 5.82 Å². The molecule has 0 aliphatic rings. The zero-order valence-corrected chi connectivity index (χ0v) is 10.7. The van der Waals surface area contributed by atoms with Gasteiger partial charge in [0.1, 0.15) is 12.1 Å². The van der Waals surface area contributed by atoms with E-state index >= 15 is 0 Å². The van der Waals surface area contributed by atoms with Gasteiger partial charge in [-0.05, 0) is 23.8 Å². The standard InChI is InChI=1S/C14H13N5O/c20-14(18-8-11-3-4-15-7-11)12-1-2-13(17-9-12)19-6-5-16-10-19/h1-7,9-10,15H,8H2,(H,18,20). The molecule has 0 radical (unpaired) electrons. The van der Waals surface area contributed by atoms with E-state index < -0.39 is 0 Å². The lowest BCUT2D eigenvalue weighted by Crippen LogP contribution is -2.22. The Kier molecular flexibility index (Phi) is 3.28. The molecule has 6 heteroatoms. The lowest BCUT2D eigenvalue weighted by atomic mass is 10.2. The number of aromatic nitrogens is 4. The molecule has 3 heterocycles. The maximum absolute atomic E-state index is 12.0. The zero-order valence-electron chi connectivity index (χ0n) is 10.7. The second-order valence-corrected chi connectivity index (χ2v) is 4.28. The van der Waals surface area contributed by atoms with Crippen LogP contribution < -0.4 is 5.32 Å². The predicted molar refractivity (Wildman–Crippen MR) is 73.3 cm³/mol. The lowest BCUT2D eigenvalue weighted by Gasteiger charge is -2.05. The predicted octanol–water partition coefficient (Wildman–Crippen LogP) is 1.53. The largest absolute Gasteiger partial charge is 0.367 e. The summed E-state index contributed by atoms with van der Waals surface area (Å²) in [6.45, 7) is 0.492. The van der Waals surface area contributed by atoms with Gasteiger partial charge in [-0.15, -0.1) is 0 Å². The quantitative estimate of drug-likeness (QED) is 0.752. The molecule has 0 bridgehead atoms. The number of amides is 1. The van der Waals surface area contributed by atoms with Gasteiger partial charge in [0.05, 0.1) is 5.56 Å². The van der Waals surface area contributed by atoms with Crippen LogP contribution >= 0.6 is 0 Å². The van der Waals surface area contributed by atoms with Gasteiger partial charge in [0, 0.05) is 37.5 Å². The molecule has 3 aromatic heterocycles. The van der Waals surface area contributed by atoms with E-state index in [0.717, 1.165) is 11.4 Å². The molecule has 0 spiro atoms. The first kappa shape index (κ1) is 12.2. The van der Waals surface area contributed by atoms with Crippen molar-refractivity contribution in [3.05, 3.63) is 66.6 Å². The van der Waals surface area contributed by atoms with Crippen molar-refractivity contribution in [2.45, 2.75) is 6.54 Å². The lowest BCUT2D eigenvalue weighted by molar-refractivity contribution is 0.0950. The van der Waals surface area contributed by atoms with Crippen LogP contribution in [0.2, 0.25) is 0 Å². The molecular formula is C14H13N5O. The van der Waals surface area contributed by atoms with Gasteiger partial charge in [-0.25, -0.2) is 9.97 Å². The van der Waals surface area contributed by atoms with Crippen LogP contribution in [0.15, 0.2) is 55.5 Å². The zero-order chi connectivity index (χ0) is 13.8. The molecule has 0 aliphatic carbocycles. The number of nitrogens with zero attached hydrogens (tertiary/aromatic N) is 3. The van der Waals surface area contributed by atoms with Gasteiger partial charge in [0.15, 0.2) is 0 Å². The molecule has 0 saturated heterocycles. The summed E-state index contributed by atoms with van der Waals surface area (Å²) in [6.07, 6.45) is 10.4. The summed E-state index contributed by atoms with van der Waals surface area (Å²) in [5, 5.41) is 2.84. The fraction of sp³-hybridized carbons (Fsp3) is 0.0714. The van der Waals surface area contributed by atoms with Crippen molar-refractivity contribution >= 4 is 5.91 Å². The van der Waals surface area contributed by atoms with Gasteiger partial charge in [-0.3, -0.25) is 9.36 Å². The summed E-state index contributed by atoms with van der Waals surface area (Å²) < 4.78 is 1.78. The van der Waals surface area contributed by atoms with Gasteiger partial charge < -0.3 is 10.3 Å². The highest BCUT2D eigenvalue weighted by Gasteiger charge is 2.06. The summed E-state index contributed by atoms with van der Waals surface area (Å²) in [7, 11) is 0. The highest BCUT2D eigenvalue weighted by molar-refractivity contribution is 5.93. The fourth-order valence-electron chi connectivity index (χ4n) is 1.82. The number of hydrogen-bond acceptors (Lipinski definition) is 3. The highest BCUT2D eigenvalue weighted by Crippen LogP contribution is 2.05. The van der Waals surface area contributed by atoms with E-state index in [4.69, 9.17) is 0 Å². The Morgan fingerprint density at radius 2 is 2.30 bits per heavy atom. The van der Waals surface area contributed by atoms with Crippen LogP contribution in [0.5, 0.6) is 0 Å². The molecule has 0 aliphatic heterocycles. The third-order valence-corrected chi connectivity index (χ3v) is 2.89. The summed E-state index contributed by atoms with van der Waals surface area (Å²) in [4.78, 5) is 23.1. The summed E-state index contributed by atoms with van der Waals surface area (Å²) in [5.41, 5.74) is 1.56. The molecule has 3 aromatic rings. The minimum Gasteiger partial charge on any atom is -0.367 e. The molecular weight excluding hydrogens is 254 g/mol. The molecule has 20 heavy (non-hydrogen) atoms. The van der Waals surface area contributed by atoms with E-state index in [1.807, 2.05) is 18.5 Å². The van der Waals surface area contributed by atoms with Crippen molar-refractivity contribution in [2.24, 2.45) is 0 Å². The van der Waals surface area contributed by atoms with E-state index in [1.54, 1.807) is 41.6 Å². The SMILES string of the molecule is O=C(NCc1cc[nH]c1)c1ccc(-n2ccnc2)nc1. The Hall–Kier alpha value is -2.89. The van der Waals surface area contributed by atoms with Gasteiger partial charge in [-0.1, -0.05) is 0 Å². The normalized spacial score (nSPS) is 10.4. The highest BCUT2D eigenvalue weighted by atomic mass is 16.1. The Morgan fingerprint density at radius 1 is 1.35 bits per heavy atom. The number of carbonyl (C=O) groups is 1. The topological polar surface area (TPSA) is 75.6 Å². The van der Waals surface area contributed by atoms with Crippen LogP contribution in [-0.4, -0.2) is 25.4 Å². The number of nitrogens with one attached hydrogen (secondary N) is 2. The van der Waals surface area contributed by atoms with Gasteiger partial charge in [-0.2, -0.15) is 0 Å². The van der Waals surface area contributed by atoms with Gasteiger partial charge in [0.2, 0.25) is 0 Å². The molecule has 2 N–H and O–H groups in total. The Balaban J connectivity index is 1.66. The summed E-state index contributed by atoms with van der Waals surface area (Å²) in [5.74, 6) is 0.584. The van der Waals surface area contributed by atoms with Gasteiger partial charge in [0.25, 0.3) is 5.91 Å². The van der Waals surface area contributed by atoms with Crippen LogP contribution in [0.3, 0.4) is 0 Å². The van der Waals surface area contributed by atoms with Crippen LogP contribution in [0.4, 0.5) is 0 Å². The monoisotopic (exact) mass is 267 g/mol. The molecule has 0 fully saturated rings. The molecule has 3 rings (SSSR count). The average Bonchev–Trinajstić information content (AvgIpc) is 3.18. The number of rotatable bonds is 4. The number of pyridine rings is 1. The number of hydrogen-bond donors (Lipinski definition) is 2. The minimum absolute atomic E-state index is 0.143.